The van der Waals surface area contributed by atoms with Crippen molar-refractivity contribution >= 4 is 5.91 Å². The number of para-hydroxylation sites is 1. The third-order valence-corrected chi connectivity index (χ3v) is 4.85. The van der Waals surface area contributed by atoms with E-state index in [0.29, 0.717) is 25.5 Å². The molecule has 1 saturated heterocycles. The molecule has 0 N–H and O–H groups in total. The van der Waals surface area contributed by atoms with Crippen LogP contribution in [0.1, 0.15) is 21.8 Å². The van der Waals surface area contributed by atoms with Crippen LogP contribution in [0.5, 0.6) is 5.75 Å². The zero-order valence-electron chi connectivity index (χ0n) is 15.7. The molecule has 1 aliphatic rings. The van der Waals surface area contributed by atoms with Crippen molar-refractivity contribution in [3.63, 3.8) is 0 Å². The first-order chi connectivity index (χ1) is 13.8. The Morgan fingerprint density at radius 1 is 1.00 bits per heavy atom. The summed E-state index contributed by atoms with van der Waals surface area (Å²) in [5.74, 6) is 1.06. The van der Waals surface area contributed by atoms with Crippen molar-refractivity contribution in [3.8, 4) is 5.75 Å². The number of pyridine rings is 1. The quantitative estimate of drug-likeness (QED) is 0.660. The normalized spacial score (nSPS) is 14.8. The van der Waals surface area contributed by atoms with E-state index in [9.17, 15) is 4.79 Å². The fourth-order valence-corrected chi connectivity index (χ4v) is 3.29. The molecule has 0 radical (unpaired) electrons. The maximum Gasteiger partial charge on any atom is 0.290 e. The largest absolute Gasteiger partial charge is 0.489 e. The monoisotopic (exact) mass is 377 g/mol. The first-order valence-corrected chi connectivity index (χ1v) is 9.45. The Balaban J connectivity index is 1.32. The highest BCUT2D eigenvalue weighted by Crippen LogP contribution is 2.18. The topological polar surface area (TPSA) is 58.8 Å². The van der Waals surface area contributed by atoms with Gasteiger partial charge in [-0.2, -0.15) is 0 Å². The highest BCUT2D eigenvalue weighted by atomic mass is 16.5. The molecule has 6 nitrogen and oxygen atoms in total. The van der Waals surface area contributed by atoms with Gasteiger partial charge in [-0.25, -0.2) is 0 Å². The second kappa shape index (κ2) is 8.71. The Morgan fingerprint density at radius 3 is 2.54 bits per heavy atom. The van der Waals surface area contributed by atoms with E-state index in [4.69, 9.17) is 9.15 Å². The van der Waals surface area contributed by atoms with Crippen LogP contribution in [0.15, 0.2) is 71.5 Å². The Labute approximate surface area is 164 Å². The third-order valence-electron chi connectivity index (χ3n) is 4.85. The van der Waals surface area contributed by atoms with Gasteiger partial charge in [-0.1, -0.05) is 24.3 Å². The van der Waals surface area contributed by atoms with Gasteiger partial charge in [-0.05, 0) is 30.3 Å². The minimum absolute atomic E-state index is 0.0749. The molecular weight excluding hydrogens is 354 g/mol. The van der Waals surface area contributed by atoms with Crippen molar-refractivity contribution in [3.05, 3.63) is 84.1 Å². The number of carbonyl (C=O) groups is 1. The molecule has 1 amide bonds. The number of ether oxygens (including phenoxy) is 1. The zero-order valence-corrected chi connectivity index (χ0v) is 15.7. The van der Waals surface area contributed by atoms with Crippen molar-refractivity contribution in [1.82, 2.24) is 14.8 Å². The predicted molar refractivity (Wildman–Crippen MR) is 105 cm³/mol. The lowest BCUT2D eigenvalue weighted by Gasteiger charge is -2.34. The molecule has 4 rings (SSSR count). The number of benzene rings is 1. The number of nitrogens with zero attached hydrogens (tertiary/aromatic N) is 3. The molecule has 0 bridgehead atoms. The minimum Gasteiger partial charge on any atom is -0.489 e. The summed E-state index contributed by atoms with van der Waals surface area (Å²) in [6.07, 6.45) is 3.36. The Hall–Kier alpha value is -3.12. The van der Waals surface area contributed by atoms with Crippen LogP contribution < -0.4 is 4.74 Å². The van der Waals surface area contributed by atoms with Gasteiger partial charge >= 0.3 is 0 Å². The molecule has 144 valence electrons. The van der Waals surface area contributed by atoms with Gasteiger partial charge in [0.25, 0.3) is 5.91 Å². The number of hydrogen-bond donors (Lipinski definition) is 0. The molecule has 1 aliphatic heterocycles. The average Bonchev–Trinajstić information content (AvgIpc) is 3.22. The SMILES string of the molecule is O=C(c1occc1COc1ccccc1)N1CCN(Cc2ccccn2)CC1. The van der Waals surface area contributed by atoms with Crippen LogP contribution in [-0.2, 0) is 13.2 Å². The summed E-state index contributed by atoms with van der Waals surface area (Å²) < 4.78 is 11.3. The molecule has 0 saturated carbocycles. The number of piperazine rings is 1. The second-order valence-corrected chi connectivity index (χ2v) is 6.77. The Kier molecular flexibility index (Phi) is 5.68. The van der Waals surface area contributed by atoms with E-state index in [-0.39, 0.29) is 5.91 Å². The van der Waals surface area contributed by atoms with Crippen molar-refractivity contribution in [2.75, 3.05) is 26.2 Å². The van der Waals surface area contributed by atoms with E-state index in [1.54, 1.807) is 12.3 Å². The van der Waals surface area contributed by atoms with E-state index in [2.05, 4.69) is 9.88 Å². The highest BCUT2D eigenvalue weighted by molar-refractivity contribution is 5.93. The molecule has 3 heterocycles. The standard InChI is InChI=1S/C22H23N3O3/c26-22(21-18(9-15-27-21)17-28-20-7-2-1-3-8-20)25-13-11-24(12-14-25)16-19-6-4-5-10-23-19/h1-10,15H,11-14,16-17H2. The first-order valence-electron chi connectivity index (χ1n) is 9.45. The van der Waals surface area contributed by atoms with Crippen LogP contribution in [0.2, 0.25) is 0 Å². The lowest BCUT2D eigenvalue weighted by molar-refractivity contribution is 0.0593. The lowest BCUT2D eigenvalue weighted by Crippen LogP contribution is -2.48. The van der Waals surface area contributed by atoms with Crippen LogP contribution >= 0.6 is 0 Å². The van der Waals surface area contributed by atoms with Gasteiger partial charge in [0.1, 0.15) is 12.4 Å². The van der Waals surface area contributed by atoms with Gasteiger partial charge in [0.15, 0.2) is 5.76 Å². The lowest BCUT2D eigenvalue weighted by atomic mass is 10.2. The van der Waals surface area contributed by atoms with E-state index >= 15 is 0 Å². The van der Waals surface area contributed by atoms with E-state index in [1.165, 1.54) is 0 Å². The summed E-state index contributed by atoms with van der Waals surface area (Å²) in [5.41, 5.74) is 1.82. The van der Waals surface area contributed by atoms with Crippen LogP contribution in [0.4, 0.5) is 0 Å². The van der Waals surface area contributed by atoms with E-state index in [1.807, 2.05) is 59.6 Å². The van der Waals surface area contributed by atoms with Crippen LogP contribution in [0.25, 0.3) is 0 Å². The second-order valence-electron chi connectivity index (χ2n) is 6.77. The molecule has 3 aromatic rings. The third kappa shape index (κ3) is 4.40. The van der Waals surface area contributed by atoms with Gasteiger partial charge in [0.05, 0.1) is 12.0 Å². The van der Waals surface area contributed by atoms with E-state index < -0.39 is 0 Å². The van der Waals surface area contributed by atoms with Gasteiger partial charge in [0.2, 0.25) is 0 Å². The average molecular weight is 377 g/mol. The number of rotatable bonds is 6. The van der Waals surface area contributed by atoms with Crippen LogP contribution in [-0.4, -0.2) is 46.9 Å². The van der Waals surface area contributed by atoms with Crippen molar-refractivity contribution in [1.29, 1.82) is 0 Å². The van der Waals surface area contributed by atoms with Crippen molar-refractivity contribution in [2.24, 2.45) is 0 Å². The summed E-state index contributed by atoms with van der Waals surface area (Å²) >= 11 is 0. The molecule has 6 heteroatoms. The highest BCUT2D eigenvalue weighted by Gasteiger charge is 2.26. The smallest absolute Gasteiger partial charge is 0.290 e. The summed E-state index contributed by atoms with van der Waals surface area (Å²) in [5, 5.41) is 0. The van der Waals surface area contributed by atoms with Crippen molar-refractivity contribution < 1.29 is 13.9 Å². The molecule has 0 spiro atoms. The minimum atomic E-state index is -0.0749. The number of aromatic nitrogens is 1. The maximum atomic E-state index is 12.9. The van der Waals surface area contributed by atoms with E-state index in [0.717, 1.165) is 36.6 Å². The number of furan rings is 1. The number of amides is 1. The molecular formula is C22H23N3O3. The molecule has 0 atom stereocenters. The van der Waals surface area contributed by atoms with Crippen molar-refractivity contribution in [2.45, 2.75) is 13.2 Å². The molecule has 1 fully saturated rings. The van der Waals surface area contributed by atoms with Gasteiger partial charge < -0.3 is 14.1 Å². The number of carbonyl (C=O) groups excluding carboxylic acids is 1. The Morgan fingerprint density at radius 2 is 1.79 bits per heavy atom. The molecule has 1 aromatic carbocycles. The Bertz CT molecular complexity index is 888. The molecule has 0 unspecified atom stereocenters. The van der Waals surface area contributed by atoms with Crippen LogP contribution in [0.3, 0.4) is 0 Å². The molecule has 28 heavy (non-hydrogen) atoms. The van der Waals surface area contributed by atoms with Crippen LogP contribution in [0, 0.1) is 0 Å². The zero-order chi connectivity index (χ0) is 19.2. The summed E-state index contributed by atoms with van der Waals surface area (Å²) in [6, 6.07) is 17.3. The van der Waals surface area contributed by atoms with Gasteiger partial charge in [-0.3, -0.25) is 14.7 Å². The van der Waals surface area contributed by atoms with Gasteiger partial charge in [0, 0.05) is 44.5 Å². The predicted octanol–water partition coefficient (Wildman–Crippen LogP) is 3.21. The maximum absolute atomic E-state index is 12.9. The summed E-state index contributed by atoms with van der Waals surface area (Å²) in [7, 11) is 0. The molecule has 2 aromatic heterocycles. The van der Waals surface area contributed by atoms with Gasteiger partial charge in [-0.15, -0.1) is 0 Å². The summed E-state index contributed by atoms with van der Waals surface area (Å²) in [6.45, 7) is 4.09. The number of hydrogen-bond acceptors (Lipinski definition) is 5. The summed E-state index contributed by atoms with van der Waals surface area (Å²) in [4.78, 5) is 21.4. The molecule has 0 aliphatic carbocycles. The first kappa shape index (κ1) is 18.3. The fraction of sp³-hybridized carbons (Fsp3) is 0.273. The fourth-order valence-electron chi connectivity index (χ4n) is 3.29.